The lowest BCUT2D eigenvalue weighted by molar-refractivity contribution is 0.618. The second-order valence-corrected chi connectivity index (χ2v) is 4.79. The quantitative estimate of drug-likeness (QED) is 0.925. The molecule has 2 aromatic rings. The standard InChI is InChI=1S/C13H12BrFN2O/c1-3-10-11(14)13(18)17-12(16-10)8-4-5-9(15)7(2)6-8/h4-6H,3H2,1-2H3,(H,16,17,18). The molecule has 0 atom stereocenters. The summed E-state index contributed by atoms with van der Waals surface area (Å²) in [5.41, 5.74) is 1.69. The van der Waals surface area contributed by atoms with Gasteiger partial charge in [-0.25, -0.2) is 9.37 Å². The van der Waals surface area contributed by atoms with Crippen LogP contribution < -0.4 is 5.56 Å². The highest BCUT2D eigenvalue weighted by molar-refractivity contribution is 9.10. The van der Waals surface area contributed by atoms with Gasteiger partial charge in [0.25, 0.3) is 5.56 Å². The maximum atomic E-state index is 13.2. The first kappa shape index (κ1) is 13.0. The molecular weight excluding hydrogens is 299 g/mol. The van der Waals surface area contributed by atoms with Gasteiger partial charge in [-0.1, -0.05) is 6.92 Å². The molecule has 5 heteroatoms. The SMILES string of the molecule is CCc1nc(-c2ccc(F)c(C)c2)[nH]c(=O)c1Br. The predicted molar refractivity (Wildman–Crippen MR) is 72.1 cm³/mol. The predicted octanol–water partition coefficient (Wildman–Crippen LogP) is 3.21. The molecule has 0 saturated carbocycles. The van der Waals surface area contributed by atoms with Crippen LogP contribution in [0.4, 0.5) is 4.39 Å². The molecule has 0 bridgehead atoms. The molecule has 1 heterocycles. The first-order valence-electron chi connectivity index (χ1n) is 5.58. The van der Waals surface area contributed by atoms with Crippen molar-refractivity contribution in [2.24, 2.45) is 0 Å². The Labute approximate surface area is 112 Å². The van der Waals surface area contributed by atoms with E-state index in [9.17, 15) is 9.18 Å². The molecule has 2 rings (SSSR count). The van der Waals surface area contributed by atoms with Gasteiger partial charge in [0, 0.05) is 5.56 Å². The summed E-state index contributed by atoms with van der Waals surface area (Å²) in [6.07, 6.45) is 0.650. The minimum Gasteiger partial charge on any atom is -0.306 e. The van der Waals surface area contributed by atoms with Gasteiger partial charge in [0.1, 0.15) is 16.1 Å². The molecule has 18 heavy (non-hydrogen) atoms. The Balaban J connectivity index is 2.60. The van der Waals surface area contributed by atoms with Gasteiger partial charge in [0.2, 0.25) is 0 Å². The van der Waals surface area contributed by atoms with Gasteiger partial charge >= 0.3 is 0 Å². The molecule has 0 aliphatic rings. The van der Waals surface area contributed by atoms with E-state index in [0.29, 0.717) is 33.5 Å². The number of benzene rings is 1. The Morgan fingerprint density at radius 3 is 2.78 bits per heavy atom. The zero-order valence-electron chi connectivity index (χ0n) is 10.1. The lowest BCUT2D eigenvalue weighted by atomic mass is 10.1. The Morgan fingerprint density at radius 1 is 1.44 bits per heavy atom. The van der Waals surface area contributed by atoms with Crippen molar-refractivity contribution in [1.29, 1.82) is 0 Å². The summed E-state index contributed by atoms with van der Waals surface area (Å²) in [4.78, 5) is 18.8. The number of aryl methyl sites for hydroxylation is 2. The number of nitrogens with zero attached hydrogens (tertiary/aromatic N) is 1. The van der Waals surface area contributed by atoms with E-state index in [1.807, 2.05) is 6.92 Å². The second kappa shape index (κ2) is 5.02. The summed E-state index contributed by atoms with van der Waals surface area (Å²) in [5.74, 6) is 0.192. The van der Waals surface area contributed by atoms with E-state index in [4.69, 9.17) is 0 Å². The molecule has 1 aromatic heterocycles. The van der Waals surface area contributed by atoms with Gasteiger partial charge in [-0.3, -0.25) is 4.79 Å². The largest absolute Gasteiger partial charge is 0.306 e. The smallest absolute Gasteiger partial charge is 0.265 e. The monoisotopic (exact) mass is 310 g/mol. The Hall–Kier alpha value is -1.49. The third-order valence-corrected chi connectivity index (χ3v) is 3.52. The first-order valence-corrected chi connectivity index (χ1v) is 6.37. The van der Waals surface area contributed by atoms with Crippen molar-refractivity contribution in [1.82, 2.24) is 9.97 Å². The lowest BCUT2D eigenvalue weighted by Gasteiger charge is -2.06. The summed E-state index contributed by atoms with van der Waals surface area (Å²) in [5, 5.41) is 0. The Bertz CT molecular complexity index is 652. The van der Waals surface area contributed by atoms with Gasteiger partial charge in [-0.15, -0.1) is 0 Å². The molecule has 0 radical (unpaired) electrons. The molecule has 0 spiro atoms. The van der Waals surface area contributed by atoms with Crippen molar-refractivity contribution in [2.75, 3.05) is 0 Å². The average molecular weight is 311 g/mol. The van der Waals surface area contributed by atoms with Crippen LogP contribution in [0.2, 0.25) is 0 Å². The molecular formula is C13H12BrFN2O. The molecule has 0 aliphatic carbocycles. The number of hydrogen-bond acceptors (Lipinski definition) is 2. The van der Waals surface area contributed by atoms with Crippen LogP contribution in [-0.2, 0) is 6.42 Å². The fraction of sp³-hybridized carbons (Fsp3) is 0.231. The van der Waals surface area contributed by atoms with E-state index in [-0.39, 0.29) is 11.4 Å². The number of rotatable bonds is 2. The Kier molecular flexibility index (Phi) is 3.61. The van der Waals surface area contributed by atoms with Crippen molar-refractivity contribution < 1.29 is 4.39 Å². The summed E-state index contributed by atoms with van der Waals surface area (Å²) in [6.45, 7) is 3.60. The van der Waals surface area contributed by atoms with Crippen LogP contribution in [-0.4, -0.2) is 9.97 Å². The maximum absolute atomic E-state index is 13.2. The van der Waals surface area contributed by atoms with Crippen molar-refractivity contribution in [3.8, 4) is 11.4 Å². The van der Waals surface area contributed by atoms with Crippen LogP contribution in [0.5, 0.6) is 0 Å². The van der Waals surface area contributed by atoms with Gasteiger partial charge in [-0.05, 0) is 53.0 Å². The van der Waals surface area contributed by atoms with Crippen molar-refractivity contribution in [3.63, 3.8) is 0 Å². The van der Waals surface area contributed by atoms with E-state index in [2.05, 4.69) is 25.9 Å². The van der Waals surface area contributed by atoms with Crippen LogP contribution in [0.3, 0.4) is 0 Å². The van der Waals surface area contributed by atoms with Crippen LogP contribution in [0.15, 0.2) is 27.5 Å². The summed E-state index contributed by atoms with van der Waals surface area (Å²) in [7, 11) is 0. The Morgan fingerprint density at radius 2 is 2.17 bits per heavy atom. The van der Waals surface area contributed by atoms with E-state index < -0.39 is 0 Å². The molecule has 0 unspecified atom stereocenters. The topological polar surface area (TPSA) is 45.8 Å². The van der Waals surface area contributed by atoms with Gasteiger partial charge < -0.3 is 4.98 Å². The number of hydrogen-bond donors (Lipinski definition) is 1. The highest BCUT2D eigenvalue weighted by Crippen LogP contribution is 2.19. The number of H-pyrrole nitrogens is 1. The molecule has 94 valence electrons. The molecule has 0 aliphatic heterocycles. The van der Waals surface area contributed by atoms with Gasteiger partial charge in [0.05, 0.1) is 5.69 Å². The highest BCUT2D eigenvalue weighted by atomic mass is 79.9. The molecule has 1 N–H and O–H groups in total. The fourth-order valence-electron chi connectivity index (χ4n) is 1.67. The summed E-state index contributed by atoms with van der Waals surface area (Å²) >= 11 is 3.21. The molecule has 0 saturated heterocycles. The van der Waals surface area contributed by atoms with Gasteiger partial charge in [-0.2, -0.15) is 0 Å². The number of aromatic amines is 1. The summed E-state index contributed by atoms with van der Waals surface area (Å²) in [6, 6.07) is 4.65. The van der Waals surface area contributed by atoms with Crippen molar-refractivity contribution in [3.05, 3.63) is 50.1 Å². The molecule has 0 amide bonds. The molecule has 3 nitrogen and oxygen atoms in total. The zero-order valence-corrected chi connectivity index (χ0v) is 11.6. The number of halogens is 2. The minimum absolute atomic E-state index is 0.223. The zero-order chi connectivity index (χ0) is 13.3. The van der Waals surface area contributed by atoms with Crippen LogP contribution in [0, 0.1) is 12.7 Å². The van der Waals surface area contributed by atoms with Crippen LogP contribution >= 0.6 is 15.9 Å². The van der Waals surface area contributed by atoms with Crippen molar-refractivity contribution >= 4 is 15.9 Å². The number of aromatic nitrogens is 2. The second-order valence-electron chi connectivity index (χ2n) is 3.99. The maximum Gasteiger partial charge on any atom is 0.265 e. The van der Waals surface area contributed by atoms with Crippen molar-refractivity contribution in [2.45, 2.75) is 20.3 Å². The molecule has 1 aromatic carbocycles. The van der Waals surface area contributed by atoms with E-state index in [0.717, 1.165) is 0 Å². The van der Waals surface area contributed by atoms with Crippen LogP contribution in [0.25, 0.3) is 11.4 Å². The van der Waals surface area contributed by atoms with E-state index >= 15 is 0 Å². The third-order valence-electron chi connectivity index (χ3n) is 2.70. The fourth-order valence-corrected chi connectivity index (χ4v) is 2.14. The minimum atomic E-state index is -0.270. The van der Waals surface area contributed by atoms with E-state index in [1.165, 1.54) is 6.07 Å². The third kappa shape index (κ3) is 2.36. The van der Waals surface area contributed by atoms with Crippen LogP contribution in [0.1, 0.15) is 18.2 Å². The van der Waals surface area contributed by atoms with E-state index in [1.54, 1.807) is 19.1 Å². The average Bonchev–Trinajstić information content (AvgIpc) is 2.36. The summed E-state index contributed by atoms with van der Waals surface area (Å²) < 4.78 is 13.7. The lowest BCUT2D eigenvalue weighted by Crippen LogP contribution is -2.13. The first-order chi connectivity index (χ1) is 8.52. The number of nitrogens with one attached hydrogen (secondary N) is 1. The molecule has 0 fully saturated rings. The van der Waals surface area contributed by atoms with Gasteiger partial charge in [0.15, 0.2) is 0 Å². The normalized spacial score (nSPS) is 10.7. The highest BCUT2D eigenvalue weighted by Gasteiger charge is 2.09.